The van der Waals surface area contributed by atoms with Gasteiger partial charge in [0.05, 0.1) is 6.21 Å². The first-order valence-corrected chi connectivity index (χ1v) is 11.5. The van der Waals surface area contributed by atoms with E-state index >= 15 is 0 Å². The molecule has 36 heavy (non-hydrogen) atoms. The standard InChI is InChI=1S/C24H25N9O3/c25-22-23(30-36-29-22)33-21(20(27-31-33)15-32-11-4-5-12-32)24(34)28-26-14-18-9-6-10-19(13-18)35-16-17-7-2-1-3-8-17/h1-3,6-10,13-14H,4-5,11-12,15-16H2,(H2,25,29)(H,28,34). The second-order valence-corrected chi connectivity index (χ2v) is 8.30. The second-order valence-electron chi connectivity index (χ2n) is 8.30. The van der Waals surface area contributed by atoms with E-state index in [0.717, 1.165) is 37.1 Å². The van der Waals surface area contributed by atoms with Gasteiger partial charge >= 0.3 is 0 Å². The minimum Gasteiger partial charge on any atom is -0.489 e. The summed E-state index contributed by atoms with van der Waals surface area (Å²) in [6, 6.07) is 17.3. The van der Waals surface area contributed by atoms with Gasteiger partial charge in [-0.2, -0.15) is 9.78 Å². The van der Waals surface area contributed by atoms with Gasteiger partial charge in [0.25, 0.3) is 5.91 Å². The number of hydrogen-bond donors (Lipinski definition) is 2. The van der Waals surface area contributed by atoms with Gasteiger partial charge < -0.3 is 10.5 Å². The first-order chi connectivity index (χ1) is 17.7. The number of nitrogens with one attached hydrogen (secondary N) is 1. The Morgan fingerprint density at radius 2 is 1.97 bits per heavy atom. The van der Waals surface area contributed by atoms with E-state index in [0.29, 0.717) is 24.6 Å². The van der Waals surface area contributed by atoms with Crippen LogP contribution in [-0.2, 0) is 13.2 Å². The van der Waals surface area contributed by atoms with E-state index < -0.39 is 5.91 Å². The Labute approximate surface area is 206 Å². The number of nitrogens with zero attached hydrogens (tertiary/aromatic N) is 7. The summed E-state index contributed by atoms with van der Waals surface area (Å²) in [5.41, 5.74) is 10.9. The third kappa shape index (κ3) is 5.39. The third-order valence-corrected chi connectivity index (χ3v) is 5.71. The normalized spacial score (nSPS) is 13.9. The number of hydrogen-bond acceptors (Lipinski definition) is 10. The van der Waals surface area contributed by atoms with Gasteiger partial charge in [-0.3, -0.25) is 9.69 Å². The zero-order valence-corrected chi connectivity index (χ0v) is 19.4. The van der Waals surface area contributed by atoms with Crippen LogP contribution in [0.4, 0.5) is 5.82 Å². The van der Waals surface area contributed by atoms with Crippen LogP contribution in [0, 0.1) is 0 Å². The van der Waals surface area contributed by atoms with E-state index in [4.69, 9.17) is 10.5 Å². The molecule has 1 aliphatic rings. The smallest absolute Gasteiger partial charge is 0.292 e. The number of anilines is 1. The van der Waals surface area contributed by atoms with Gasteiger partial charge in [-0.1, -0.05) is 47.7 Å². The molecule has 3 heterocycles. The summed E-state index contributed by atoms with van der Waals surface area (Å²) in [5.74, 6) is 0.271. The maximum absolute atomic E-state index is 13.2. The summed E-state index contributed by atoms with van der Waals surface area (Å²) in [7, 11) is 0. The van der Waals surface area contributed by atoms with E-state index in [1.807, 2.05) is 54.6 Å². The molecular formula is C24H25N9O3. The van der Waals surface area contributed by atoms with E-state index in [1.54, 1.807) is 0 Å². The van der Waals surface area contributed by atoms with Gasteiger partial charge in [-0.25, -0.2) is 10.1 Å². The molecule has 3 N–H and O–H groups in total. The highest BCUT2D eigenvalue weighted by Crippen LogP contribution is 2.19. The van der Waals surface area contributed by atoms with E-state index in [-0.39, 0.29) is 17.3 Å². The lowest BCUT2D eigenvalue weighted by atomic mass is 10.2. The molecule has 1 fully saturated rings. The maximum atomic E-state index is 13.2. The molecule has 184 valence electrons. The summed E-state index contributed by atoms with van der Waals surface area (Å²) < 4.78 is 11.8. The minimum atomic E-state index is -0.510. The van der Waals surface area contributed by atoms with Crippen LogP contribution < -0.4 is 15.9 Å². The van der Waals surface area contributed by atoms with Gasteiger partial charge in [0.15, 0.2) is 5.69 Å². The number of nitrogens with two attached hydrogens (primary N) is 1. The highest BCUT2D eigenvalue weighted by atomic mass is 16.6. The van der Waals surface area contributed by atoms with E-state index in [9.17, 15) is 4.79 Å². The molecule has 2 aromatic carbocycles. The molecule has 0 aliphatic carbocycles. The van der Waals surface area contributed by atoms with Crippen molar-refractivity contribution in [1.82, 2.24) is 35.6 Å². The van der Waals surface area contributed by atoms with Crippen LogP contribution in [0.15, 0.2) is 64.3 Å². The number of aromatic nitrogens is 5. The maximum Gasteiger partial charge on any atom is 0.292 e. The summed E-state index contributed by atoms with van der Waals surface area (Å²) in [6.07, 6.45) is 3.75. The number of likely N-dealkylation sites (tertiary alicyclic amines) is 1. The first-order valence-electron chi connectivity index (χ1n) is 11.5. The fourth-order valence-corrected chi connectivity index (χ4v) is 3.93. The van der Waals surface area contributed by atoms with Crippen LogP contribution in [0.25, 0.3) is 5.82 Å². The molecule has 0 atom stereocenters. The van der Waals surface area contributed by atoms with Crippen LogP contribution in [0.3, 0.4) is 0 Å². The summed E-state index contributed by atoms with van der Waals surface area (Å²) in [5, 5.41) is 19.7. The van der Waals surface area contributed by atoms with Crippen molar-refractivity contribution in [2.24, 2.45) is 5.10 Å². The average molecular weight is 488 g/mol. The number of rotatable bonds is 9. The monoisotopic (exact) mass is 487 g/mol. The summed E-state index contributed by atoms with van der Waals surface area (Å²) in [6.45, 7) is 2.79. The largest absolute Gasteiger partial charge is 0.489 e. The lowest BCUT2D eigenvalue weighted by Crippen LogP contribution is -2.26. The molecule has 0 radical (unpaired) electrons. The van der Waals surface area contributed by atoms with Crippen LogP contribution in [-0.4, -0.2) is 55.4 Å². The number of carbonyl (C=O) groups excluding carboxylic acids is 1. The molecular weight excluding hydrogens is 462 g/mol. The van der Waals surface area contributed by atoms with Crippen LogP contribution in [0.5, 0.6) is 5.75 Å². The Balaban J connectivity index is 1.29. The zero-order valence-electron chi connectivity index (χ0n) is 19.4. The highest BCUT2D eigenvalue weighted by Gasteiger charge is 2.26. The predicted molar refractivity (Wildman–Crippen MR) is 130 cm³/mol. The van der Waals surface area contributed by atoms with Crippen LogP contribution >= 0.6 is 0 Å². The Morgan fingerprint density at radius 3 is 2.75 bits per heavy atom. The SMILES string of the molecule is Nc1nonc1-n1nnc(CN2CCCC2)c1C(=O)NN=Cc1cccc(OCc2ccccc2)c1. The van der Waals surface area contributed by atoms with Gasteiger partial charge in [0.1, 0.15) is 18.1 Å². The van der Waals surface area contributed by atoms with Crippen molar-refractivity contribution in [3.8, 4) is 11.6 Å². The Morgan fingerprint density at radius 1 is 1.14 bits per heavy atom. The average Bonchev–Trinajstić information content (AvgIpc) is 3.65. The second kappa shape index (κ2) is 10.8. The van der Waals surface area contributed by atoms with Crippen molar-refractivity contribution >= 4 is 17.9 Å². The fraction of sp³-hybridized carbons (Fsp3) is 0.250. The van der Waals surface area contributed by atoms with Crippen molar-refractivity contribution < 1.29 is 14.2 Å². The molecule has 12 nitrogen and oxygen atoms in total. The van der Waals surface area contributed by atoms with Gasteiger partial charge in [-0.15, -0.1) is 5.10 Å². The molecule has 5 rings (SSSR count). The lowest BCUT2D eigenvalue weighted by molar-refractivity contribution is 0.0945. The molecule has 4 aromatic rings. The Bertz CT molecular complexity index is 1340. The molecule has 2 aromatic heterocycles. The number of carbonyl (C=O) groups is 1. The quantitative estimate of drug-likeness (QED) is 0.267. The summed E-state index contributed by atoms with van der Waals surface area (Å²) in [4.78, 5) is 15.4. The molecule has 1 saturated heterocycles. The van der Waals surface area contributed by atoms with Crippen molar-refractivity contribution in [3.63, 3.8) is 0 Å². The molecule has 0 spiro atoms. The molecule has 0 unspecified atom stereocenters. The van der Waals surface area contributed by atoms with Gasteiger partial charge in [0, 0.05) is 6.54 Å². The Kier molecular flexibility index (Phi) is 6.94. The van der Waals surface area contributed by atoms with Gasteiger partial charge in [-0.05, 0) is 59.5 Å². The summed E-state index contributed by atoms with van der Waals surface area (Å²) >= 11 is 0. The molecule has 0 bridgehead atoms. The van der Waals surface area contributed by atoms with Crippen molar-refractivity contribution in [2.75, 3.05) is 18.8 Å². The Hall–Kier alpha value is -4.58. The van der Waals surface area contributed by atoms with Crippen LogP contribution in [0.2, 0.25) is 0 Å². The minimum absolute atomic E-state index is 0.00232. The molecule has 12 heteroatoms. The fourth-order valence-electron chi connectivity index (χ4n) is 3.93. The van der Waals surface area contributed by atoms with Crippen LogP contribution in [0.1, 0.15) is 40.2 Å². The number of ether oxygens (including phenoxy) is 1. The zero-order chi connectivity index (χ0) is 24.7. The predicted octanol–water partition coefficient (Wildman–Crippen LogP) is 2.17. The third-order valence-electron chi connectivity index (χ3n) is 5.71. The number of hydrazone groups is 1. The molecule has 0 saturated carbocycles. The van der Waals surface area contributed by atoms with E-state index in [1.165, 1.54) is 10.9 Å². The van der Waals surface area contributed by atoms with Crippen molar-refractivity contribution in [2.45, 2.75) is 26.0 Å². The molecule has 1 amide bonds. The number of amides is 1. The lowest BCUT2D eigenvalue weighted by Gasteiger charge is -2.13. The number of benzene rings is 2. The van der Waals surface area contributed by atoms with Crippen molar-refractivity contribution in [1.29, 1.82) is 0 Å². The molecule has 1 aliphatic heterocycles. The van der Waals surface area contributed by atoms with Crippen molar-refractivity contribution in [3.05, 3.63) is 77.1 Å². The number of nitrogen functional groups attached to an aromatic ring is 1. The topological polar surface area (TPSA) is 150 Å². The van der Waals surface area contributed by atoms with Gasteiger partial charge in [0.2, 0.25) is 11.6 Å². The highest BCUT2D eigenvalue weighted by molar-refractivity contribution is 5.95. The van der Waals surface area contributed by atoms with E-state index in [2.05, 4.69) is 40.7 Å². The first kappa shape index (κ1) is 23.2.